The average molecular weight is 362 g/mol. The Bertz CT molecular complexity index is 597. The maximum Gasteiger partial charge on any atom is 0.223 e. The van der Waals surface area contributed by atoms with Crippen LogP contribution in [0.1, 0.15) is 26.2 Å². The van der Waals surface area contributed by atoms with E-state index in [4.69, 9.17) is 4.74 Å². The summed E-state index contributed by atoms with van der Waals surface area (Å²) in [6, 6.07) is 8.28. The predicted molar refractivity (Wildman–Crippen MR) is 105 cm³/mol. The van der Waals surface area contributed by atoms with Gasteiger partial charge in [0.25, 0.3) is 0 Å². The Hall–Kier alpha value is -1.59. The van der Waals surface area contributed by atoms with Crippen LogP contribution < -0.4 is 9.92 Å². The Balaban J connectivity index is 2.18. The molecular formula is C20H31NO3Si. The summed E-state index contributed by atoms with van der Waals surface area (Å²) in [4.78, 5) is 14.7. The Labute approximate surface area is 152 Å². The van der Waals surface area contributed by atoms with Gasteiger partial charge >= 0.3 is 0 Å². The van der Waals surface area contributed by atoms with Crippen molar-refractivity contribution >= 4 is 19.2 Å². The molecule has 1 aromatic carbocycles. The highest BCUT2D eigenvalue weighted by molar-refractivity contribution is 6.91. The first-order valence-electron chi connectivity index (χ1n) is 9.11. The topological polar surface area (TPSA) is 49.8 Å². The summed E-state index contributed by atoms with van der Waals surface area (Å²) < 4.78 is 5.26. The first-order valence-corrected chi connectivity index (χ1v) is 12.2. The molecule has 0 aromatic heterocycles. The molecule has 1 aromatic rings. The Morgan fingerprint density at radius 1 is 1.40 bits per heavy atom. The molecule has 4 nitrogen and oxygen atoms in total. The number of methoxy groups -OCH3 is 1. The van der Waals surface area contributed by atoms with Gasteiger partial charge in [-0.3, -0.25) is 4.79 Å². The van der Waals surface area contributed by atoms with Crippen molar-refractivity contribution in [3.63, 3.8) is 0 Å². The van der Waals surface area contributed by atoms with Gasteiger partial charge in [-0.25, -0.2) is 0 Å². The zero-order valence-corrected chi connectivity index (χ0v) is 16.9. The molecule has 1 saturated heterocycles. The number of nitrogens with zero attached hydrogens (tertiary/aromatic N) is 1. The minimum atomic E-state index is -1.86. The zero-order valence-electron chi connectivity index (χ0n) is 15.9. The second-order valence-electron chi connectivity index (χ2n) is 7.35. The van der Waals surface area contributed by atoms with Crippen molar-refractivity contribution < 1.29 is 14.6 Å². The van der Waals surface area contributed by atoms with E-state index in [9.17, 15) is 9.90 Å². The molecule has 1 heterocycles. The maximum atomic E-state index is 12.9. The van der Waals surface area contributed by atoms with Crippen LogP contribution in [0.15, 0.2) is 36.4 Å². The molecule has 0 unspecified atom stereocenters. The van der Waals surface area contributed by atoms with Gasteiger partial charge < -0.3 is 14.7 Å². The highest BCUT2D eigenvalue weighted by Gasteiger charge is 2.36. The lowest BCUT2D eigenvalue weighted by atomic mass is 10.2. The predicted octanol–water partition coefficient (Wildman–Crippen LogP) is 2.93. The number of hydrogen-bond donors (Lipinski definition) is 1. The van der Waals surface area contributed by atoms with Crippen molar-refractivity contribution in [3.05, 3.63) is 36.4 Å². The van der Waals surface area contributed by atoms with E-state index in [1.807, 2.05) is 24.0 Å². The van der Waals surface area contributed by atoms with Gasteiger partial charge in [-0.05, 0) is 37.4 Å². The molecule has 1 aliphatic rings. The van der Waals surface area contributed by atoms with Crippen molar-refractivity contribution in [2.45, 2.75) is 50.9 Å². The molecule has 1 fully saturated rings. The van der Waals surface area contributed by atoms with Crippen molar-refractivity contribution in [2.24, 2.45) is 0 Å². The number of rotatable bonds is 7. The highest BCUT2D eigenvalue weighted by atomic mass is 28.3. The Kier molecular flexibility index (Phi) is 6.84. The van der Waals surface area contributed by atoms with E-state index in [1.165, 1.54) is 5.19 Å². The van der Waals surface area contributed by atoms with Crippen LogP contribution in [0.5, 0.6) is 5.75 Å². The third-order valence-corrected chi connectivity index (χ3v) is 9.56. The third kappa shape index (κ3) is 4.53. The van der Waals surface area contributed by atoms with Gasteiger partial charge in [0.1, 0.15) is 5.75 Å². The molecule has 0 radical (unpaired) electrons. The second-order valence-corrected chi connectivity index (χ2v) is 12.1. The largest absolute Gasteiger partial charge is 0.497 e. The van der Waals surface area contributed by atoms with Gasteiger partial charge in [-0.15, -0.1) is 0 Å². The minimum absolute atomic E-state index is 0.00419. The minimum Gasteiger partial charge on any atom is -0.497 e. The molecule has 1 aliphatic heterocycles. The van der Waals surface area contributed by atoms with Crippen LogP contribution in [0, 0.1) is 0 Å². The van der Waals surface area contributed by atoms with E-state index in [0.717, 1.165) is 25.1 Å². The number of ether oxygens (including phenoxy) is 1. The fourth-order valence-electron chi connectivity index (χ4n) is 3.69. The number of allylic oxidation sites excluding steroid dienone is 2. The van der Waals surface area contributed by atoms with Gasteiger partial charge in [0, 0.05) is 13.0 Å². The third-order valence-electron chi connectivity index (χ3n) is 5.49. The number of amides is 1. The Morgan fingerprint density at radius 2 is 2.08 bits per heavy atom. The maximum absolute atomic E-state index is 12.9. The smallest absolute Gasteiger partial charge is 0.223 e. The van der Waals surface area contributed by atoms with Crippen LogP contribution in [0.2, 0.25) is 18.6 Å². The van der Waals surface area contributed by atoms with Crippen molar-refractivity contribution in [3.8, 4) is 5.75 Å². The molecule has 1 N–H and O–H groups in total. The number of benzene rings is 1. The van der Waals surface area contributed by atoms with Gasteiger partial charge in [-0.1, -0.05) is 42.6 Å². The number of aliphatic hydroxyl groups is 1. The molecule has 138 valence electrons. The number of hydrogen-bond acceptors (Lipinski definition) is 3. The average Bonchev–Trinajstić information content (AvgIpc) is 3.10. The fourth-order valence-corrected chi connectivity index (χ4v) is 6.50. The molecule has 0 aliphatic carbocycles. The van der Waals surface area contributed by atoms with Crippen LogP contribution in [0.3, 0.4) is 0 Å². The molecule has 1 amide bonds. The van der Waals surface area contributed by atoms with Gasteiger partial charge in [-0.2, -0.15) is 0 Å². The molecule has 0 spiro atoms. The molecule has 25 heavy (non-hydrogen) atoms. The standard InChI is InChI=1S/C20H31NO3Si/c1-5-7-19(14-20(23)21-13-6-8-16(21)15-22)25(3,4)18-11-9-17(24-2)10-12-18/h5,7,9-12,16,19,22H,6,8,13-15H2,1-4H3/b7-5+/t16-,19+/m0/s1. The van der Waals surface area contributed by atoms with Crippen LogP contribution in [-0.2, 0) is 4.79 Å². The number of carbonyl (C=O) groups excluding carboxylic acids is 1. The van der Waals surface area contributed by atoms with E-state index in [0.29, 0.717) is 6.42 Å². The first kappa shape index (κ1) is 19.7. The van der Waals surface area contributed by atoms with Gasteiger partial charge in [0.05, 0.1) is 27.8 Å². The first-order chi connectivity index (χ1) is 11.9. The van der Waals surface area contributed by atoms with E-state index in [2.05, 4.69) is 37.4 Å². The summed E-state index contributed by atoms with van der Waals surface area (Å²) in [5.41, 5.74) is 0.235. The van der Waals surface area contributed by atoms with Gasteiger partial charge in [0.2, 0.25) is 5.91 Å². The monoisotopic (exact) mass is 361 g/mol. The molecular weight excluding hydrogens is 330 g/mol. The zero-order chi connectivity index (χ0) is 18.4. The van der Waals surface area contributed by atoms with Crippen LogP contribution in [0.4, 0.5) is 0 Å². The summed E-state index contributed by atoms with van der Waals surface area (Å²) >= 11 is 0. The highest BCUT2D eigenvalue weighted by Crippen LogP contribution is 2.30. The normalized spacial score (nSPS) is 19.4. The summed E-state index contributed by atoms with van der Waals surface area (Å²) in [6.07, 6.45) is 6.68. The quantitative estimate of drug-likeness (QED) is 0.600. The summed E-state index contributed by atoms with van der Waals surface area (Å²) in [5.74, 6) is 1.03. The van der Waals surface area contributed by atoms with Crippen LogP contribution >= 0.6 is 0 Å². The lowest BCUT2D eigenvalue weighted by Crippen LogP contribution is -2.47. The fraction of sp³-hybridized carbons (Fsp3) is 0.550. The molecule has 0 saturated carbocycles. The number of likely N-dealkylation sites (tertiary alicyclic amines) is 1. The molecule has 0 bridgehead atoms. The molecule has 5 heteroatoms. The SMILES string of the molecule is C/C=C/[C@H](CC(=O)N1CCC[C@H]1CO)[Si](C)(C)c1ccc(OC)cc1. The van der Waals surface area contributed by atoms with Crippen LogP contribution in [0.25, 0.3) is 0 Å². The lowest BCUT2D eigenvalue weighted by molar-refractivity contribution is -0.132. The van der Waals surface area contributed by atoms with E-state index < -0.39 is 8.07 Å². The van der Waals surface area contributed by atoms with Crippen molar-refractivity contribution in [2.75, 3.05) is 20.3 Å². The summed E-state index contributed by atoms with van der Waals surface area (Å²) in [7, 11) is -0.191. The number of carbonyl (C=O) groups is 1. The summed E-state index contributed by atoms with van der Waals surface area (Å²) in [6.45, 7) is 7.50. The lowest BCUT2D eigenvalue weighted by Gasteiger charge is -2.33. The molecule has 2 atom stereocenters. The van der Waals surface area contributed by atoms with Crippen LogP contribution in [-0.4, -0.2) is 50.3 Å². The molecule has 2 rings (SSSR count). The van der Waals surface area contributed by atoms with Crippen molar-refractivity contribution in [1.82, 2.24) is 4.90 Å². The van der Waals surface area contributed by atoms with E-state index >= 15 is 0 Å². The van der Waals surface area contributed by atoms with Gasteiger partial charge in [0.15, 0.2) is 0 Å². The summed E-state index contributed by atoms with van der Waals surface area (Å²) in [5, 5.41) is 10.8. The van der Waals surface area contributed by atoms with Crippen molar-refractivity contribution in [1.29, 1.82) is 0 Å². The Morgan fingerprint density at radius 3 is 2.64 bits per heavy atom. The number of aliphatic hydroxyl groups excluding tert-OH is 1. The van der Waals surface area contributed by atoms with E-state index in [-0.39, 0.29) is 24.1 Å². The van der Waals surface area contributed by atoms with E-state index in [1.54, 1.807) is 7.11 Å². The second kappa shape index (κ2) is 8.67.